The monoisotopic (exact) mass is 309 g/mol. The van der Waals surface area contributed by atoms with Crippen molar-refractivity contribution in [2.24, 2.45) is 0 Å². The Hall–Kier alpha value is -1.39. The highest BCUT2D eigenvalue weighted by molar-refractivity contribution is 9.10. The number of phenolic OH excluding ortho intramolecular Hbond substituents is 1. The predicted octanol–water partition coefficient (Wildman–Crippen LogP) is 3.58. The van der Waals surface area contributed by atoms with E-state index in [1.807, 2.05) is 24.3 Å². The van der Waals surface area contributed by atoms with Crippen molar-refractivity contribution in [1.29, 1.82) is 0 Å². The van der Waals surface area contributed by atoms with Crippen molar-refractivity contribution in [3.63, 3.8) is 0 Å². The van der Waals surface area contributed by atoms with Gasteiger partial charge in [0.1, 0.15) is 11.6 Å². The first-order valence-electron chi connectivity index (χ1n) is 5.58. The Morgan fingerprint density at radius 2 is 1.94 bits per heavy atom. The molecule has 0 atom stereocenters. The summed E-state index contributed by atoms with van der Waals surface area (Å²) in [5.74, 6) is -0.231. The van der Waals surface area contributed by atoms with Gasteiger partial charge in [0.05, 0.1) is 0 Å². The van der Waals surface area contributed by atoms with E-state index >= 15 is 0 Å². The van der Waals surface area contributed by atoms with E-state index in [0.29, 0.717) is 18.7 Å². The van der Waals surface area contributed by atoms with Crippen LogP contribution in [0.2, 0.25) is 0 Å². The van der Waals surface area contributed by atoms with Crippen LogP contribution in [0.5, 0.6) is 5.75 Å². The second kappa shape index (κ2) is 5.98. The fraction of sp³-hybridized carbons (Fsp3) is 0.143. The number of hydrogen-bond acceptors (Lipinski definition) is 2. The van der Waals surface area contributed by atoms with Gasteiger partial charge in [0.25, 0.3) is 0 Å². The summed E-state index contributed by atoms with van der Waals surface area (Å²) in [5.41, 5.74) is 1.69. The predicted molar refractivity (Wildman–Crippen MR) is 72.8 cm³/mol. The van der Waals surface area contributed by atoms with Gasteiger partial charge in [-0.25, -0.2) is 4.39 Å². The van der Waals surface area contributed by atoms with E-state index < -0.39 is 0 Å². The van der Waals surface area contributed by atoms with Crippen LogP contribution in [0, 0.1) is 5.82 Å². The highest BCUT2D eigenvalue weighted by atomic mass is 79.9. The average Bonchev–Trinajstić information content (AvgIpc) is 2.34. The van der Waals surface area contributed by atoms with Gasteiger partial charge in [-0.2, -0.15) is 0 Å². The summed E-state index contributed by atoms with van der Waals surface area (Å²) >= 11 is 3.40. The van der Waals surface area contributed by atoms with Gasteiger partial charge in [0.15, 0.2) is 0 Å². The summed E-state index contributed by atoms with van der Waals surface area (Å²) in [7, 11) is 0. The maximum Gasteiger partial charge on any atom is 0.123 e. The maximum absolute atomic E-state index is 13.0. The van der Waals surface area contributed by atoms with Crippen LogP contribution in [0.4, 0.5) is 4.39 Å². The Balaban J connectivity index is 1.94. The fourth-order valence-electron chi connectivity index (χ4n) is 1.68. The molecule has 0 amide bonds. The summed E-state index contributed by atoms with van der Waals surface area (Å²) in [6.45, 7) is 1.09. The summed E-state index contributed by atoms with van der Waals surface area (Å²) in [4.78, 5) is 0. The van der Waals surface area contributed by atoms with E-state index in [1.165, 1.54) is 18.2 Å². The Bertz CT molecular complexity index is 545. The quantitative estimate of drug-likeness (QED) is 0.904. The van der Waals surface area contributed by atoms with Gasteiger partial charge < -0.3 is 10.4 Å². The zero-order chi connectivity index (χ0) is 13.0. The molecule has 18 heavy (non-hydrogen) atoms. The molecule has 2 nitrogen and oxygen atoms in total. The molecular weight excluding hydrogens is 297 g/mol. The Morgan fingerprint density at radius 3 is 2.72 bits per heavy atom. The largest absolute Gasteiger partial charge is 0.508 e. The maximum atomic E-state index is 13.0. The van der Waals surface area contributed by atoms with E-state index in [-0.39, 0.29) is 11.6 Å². The first kappa shape index (κ1) is 13.1. The van der Waals surface area contributed by atoms with Crippen molar-refractivity contribution in [2.75, 3.05) is 0 Å². The highest BCUT2D eigenvalue weighted by Gasteiger charge is 2.02. The van der Waals surface area contributed by atoms with Crippen LogP contribution >= 0.6 is 15.9 Å². The van der Waals surface area contributed by atoms with Gasteiger partial charge in [-0.1, -0.05) is 28.1 Å². The average molecular weight is 310 g/mol. The molecule has 2 N–H and O–H groups in total. The number of aromatic hydroxyl groups is 1. The summed E-state index contributed by atoms with van der Waals surface area (Å²) in [6.07, 6.45) is 0. The molecule has 0 bridgehead atoms. The molecular formula is C14H13BrFNO. The summed E-state index contributed by atoms with van der Waals surface area (Å²) in [6, 6.07) is 11.9. The Morgan fingerprint density at radius 1 is 1.11 bits per heavy atom. The van der Waals surface area contributed by atoms with Crippen molar-refractivity contribution in [1.82, 2.24) is 5.32 Å². The number of phenols is 1. The fourth-order valence-corrected chi connectivity index (χ4v) is 2.13. The minimum atomic E-state index is -0.341. The number of benzene rings is 2. The second-order valence-electron chi connectivity index (χ2n) is 4.01. The van der Waals surface area contributed by atoms with Crippen LogP contribution in [0.1, 0.15) is 11.1 Å². The van der Waals surface area contributed by atoms with Gasteiger partial charge in [-0.15, -0.1) is 0 Å². The van der Waals surface area contributed by atoms with E-state index in [0.717, 1.165) is 10.0 Å². The van der Waals surface area contributed by atoms with Crippen LogP contribution in [0.25, 0.3) is 0 Å². The molecule has 0 unspecified atom stereocenters. The molecule has 0 heterocycles. The third-order valence-corrected chi connectivity index (χ3v) is 3.07. The molecule has 2 rings (SSSR count). The van der Waals surface area contributed by atoms with E-state index in [2.05, 4.69) is 21.2 Å². The summed E-state index contributed by atoms with van der Waals surface area (Å²) in [5, 5.41) is 12.7. The smallest absolute Gasteiger partial charge is 0.123 e. The standard InChI is InChI=1S/C14H13BrFNO/c15-12-3-1-2-10(6-12)8-17-9-11-7-13(16)4-5-14(11)18/h1-7,17-18H,8-9H2. The third kappa shape index (κ3) is 3.55. The zero-order valence-electron chi connectivity index (χ0n) is 9.66. The molecule has 0 fully saturated rings. The van der Waals surface area contributed by atoms with Crippen molar-refractivity contribution < 1.29 is 9.50 Å². The first-order chi connectivity index (χ1) is 8.65. The lowest BCUT2D eigenvalue weighted by Crippen LogP contribution is -2.12. The third-order valence-electron chi connectivity index (χ3n) is 2.58. The van der Waals surface area contributed by atoms with Crippen LogP contribution in [-0.2, 0) is 13.1 Å². The van der Waals surface area contributed by atoms with Gasteiger partial charge in [-0.05, 0) is 35.9 Å². The zero-order valence-corrected chi connectivity index (χ0v) is 11.2. The van der Waals surface area contributed by atoms with Crippen LogP contribution < -0.4 is 5.32 Å². The molecule has 0 saturated heterocycles. The number of nitrogens with one attached hydrogen (secondary N) is 1. The molecule has 0 aromatic heterocycles. The molecule has 0 spiro atoms. The van der Waals surface area contributed by atoms with Crippen molar-refractivity contribution in [3.8, 4) is 5.75 Å². The molecule has 0 aliphatic carbocycles. The number of hydrogen-bond donors (Lipinski definition) is 2. The van der Waals surface area contributed by atoms with E-state index in [9.17, 15) is 9.50 Å². The lowest BCUT2D eigenvalue weighted by Gasteiger charge is -2.07. The van der Waals surface area contributed by atoms with Crippen molar-refractivity contribution >= 4 is 15.9 Å². The number of halogens is 2. The normalized spacial score (nSPS) is 10.6. The van der Waals surface area contributed by atoms with Gasteiger partial charge in [0.2, 0.25) is 0 Å². The Kier molecular flexibility index (Phi) is 4.33. The van der Waals surface area contributed by atoms with Gasteiger partial charge in [-0.3, -0.25) is 0 Å². The van der Waals surface area contributed by atoms with Crippen LogP contribution in [-0.4, -0.2) is 5.11 Å². The summed E-state index contributed by atoms with van der Waals surface area (Å²) < 4.78 is 14.0. The van der Waals surface area contributed by atoms with E-state index in [4.69, 9.17) is 0 Å². The SMILES string of the molecule is Oc1ccc(F)cc1CNCc1cccc(Br)c1. The van der Waals surface area contributed by atoms with Crippen molar-refractivity contribution in [2.45, 2.75) is 13.1 Å². The van der Waals surface area contributed by atoms with Crippen LogP contribution in [0.15, 0.2) is 46.9 Å². The molecule has 0 radical (unpaired) electrons. The molecule has 0 saturated carbocycles. The van der Waals surface area contributed by atoms with Crippen LogP contribution in [0.3, 0.4) is 0 Å². The van der Waals surface area contributed by atoms with E-state index in [1.54, 1.807) is 0 Å². The lowest BCUT2D eigenvalue weighted by atomic mass is 10.2. The lowest BCUT2D eigenvalue weighted by molar-refractivity contribution is 0.461. The molecule has 0 aliphatic heterocycles. The van der Waals surface area contributed by atoms with Gasteiger partial charge >= 0.3 is 0 Å². The molecule has 4 heteroatoms. The Labute approximate surface area is 114 Å². The molecule has 2 aromatic carbocycles. The van der Waals surface area contributed by atoms with Crippen molar-refractivity contribution in [3.05, 3.63) is 63.9 Å². The molecule has 2 aromatic rings. The molecule has 94 valence electrons. The highest BCUT2D eigenvalue weighted by Crippen LogP contribution is 2.18. The minimum Gasteiger partial charge on any atom is -0.508 e. The second-order valence-corrected chi connectivity index (χ2v) is 4.92. The topological polar surface area (TPSA) is 32.3 Å². The van der Waals surface area contributed by atoms with Gasteiger partial charge in [0, 0.05) is 23.1 Å². The number of rotatable bonds is 4. The minimum absolute atomic E-state index is 0.109. The first-order valence-corrected chi connectivity index (χ1v) is 6.37. The molecule has 0 aliphatic rings.